The minimum Gasteiger partial charge on any atom is -0.493 e. The number of allylic oxidation sites excluding steroid dienone is 1. The van der Waals surface area contributed by atoms with Crippen molar-refractivity contribution in [2.24, 2.45) is 0 Å². The number of hydrogen-bond donors (Lipinski definition) is 0. The Balaban J connectivity index is 2.48. The number of ether oxygens (including phenoxy) is 4. The number of rotatable bonds is 9. The first-order valence-corrected chi connectivity index (χ1v) is 10.1. The predicted octanol–water partition coefficient (Wildman–Crippen LogP) is 5.56. The lowest BCUT2D eigenvalue weighted by molar-refractivity contribution is 0.275. The minimum absolute atomic E-state index is 0.515. The van der Waals surface area contributed by atoms with Gasteiger partial charge in [0.15, 0.2) is 23.0 Å². The summed E-state index contributed by atoms with van der Waals surface area (Å²) in [5.41, 5.74) is 2.13. The van der Waals surface area contributed by atoms with Crippen LogP contribution in [0.2, 0.25) is 0 Å². The van der Waals surface area contributed by atoms with Crippen LogP contribution in [0.1, 0.15) is 31.4 Å². The maximum atomic E-state index is 9.70. The molecule has 2 aromatic carbocycles. The second kappa shape index (κ2) is 10.8. The van der Waals surface area contributed by atoms with Gasteiger partial charge in [-0.1, -0.05) is 6.92 Å². The summed E-state index contributed by atoms with van der Waals surface area (Å²) in [6.07, 6.45) is 2.75. The molecule has 5 nitrogen and oxygen atoms in total. The van der Waals surface area contributed by atoms with E-state index >= 15 is 0 Å². The van der Waals surface area contributed by atoms with E-state index in [-0.39, 0.29) is 0 Å². The lowest BCUT2D eigenvalue weighted by atomic mass is 10.0. The van der Waals surface area contributed by atoms with E-state index in [2.05, 4.69) is 35.6 Å². The molecular weight excluding hydrogens is 469 g/mol. The molecule has 2 rings (SSSR count). The fourth-order valence-electron chi connectivity index (χ4n) is 2.63. The van der Waals surface area contributed by atoms with Crippen molar-refractivity contribution in [3.8, 4) is 29.1 Å². The van der Waals surface area contributed by atoms with Crippen molar-refractivity contribution < 1.29 is 18.9 Å². The Bertz CT molecular complexity index is 887. The van der Waals surface area contributed by atoms with Crippen molar-refractivity contribution in [2.75, 3.05) is 27.4 Å². The molecule has 0 aromatic heterocycles. The molecule has 28 heavy (non-hydrogen) atoms. The van der Waals surface area contributed by atoms with E-state index in [1.807, 2.05) is 31.2 Å². The van der Waals surface area contributed by atoms with Gasteiger partial charge in [-0.05, 0) is 83.5 Å². The van der Waals surface area contributed by atoms with E-state index in [1.54, 1.807) is 26.4 Å². The normalized spacial score (nSPS) is 10.9. The first kappa shape index (κ1) is 21.9. The van der Waals surface area contributed by atoms with Crippen LogP contribution in [0.15, 0.2) is 30.3 Å². The van der Waals surface area contributed by atoms with Crippen molar-refractivity contribution in [2.45, 2.75) is 20.3 Å². The average molecular weight is 493 g/mol. The van der Waals surface area contributed by atoms with Crippen molar-refractivity contribution in [3.63, 3.8) is 0 Å². The molecule has 0 saturated carbocycles. The van der Waals surface area contributed by atoms with Crippen LogP contribution in [-0.4, -0.2) is 27.4 Å². The van der Waals surface area contributed by atoms with Crippen molar-refractivity contribution in [1.29, 1.82) is 5.26 Å². The number of nitriles is 1. The quantitative estimate of drug-likeness (QED) is 0.260. The molecule has 0 amide bonds. The molecule has 148 valence electrons. The van der Waals surface area contributed by atoms with Crippen LogP contribution in [0, 0.1) is 14.9 Å². The van der Waals surface area contributed by atoms with Crippen LogP contribution in [0.3, 0.4) is 0 Å². The summed E-state index contributed by atoms with van der Waals surface area (Å²) >= 11 is 2.23. The topological polar surface area (TPSA) is 60.7 Å². The Labute approximate surface area is 180 Å². The van der Waals surface area contributed by atoms with Gasteiger partial charge in [-0.15, -0.1) is 0 Å². The summed E-state index contributed by atoms with van der Waals surface area (Å²) in [5, 5.41) is 9.70. The highest BCUT2D eigenvalue weighted by Gasteiger charge is 2.13. The van der Waals surface area contributed by atoms with Gasteiger partial charge in [-0.25, -0.2) is 0 Å². The van der Waals surface area contributed by atoms with Crippen LogP contribution in [0.4, 0.5) is 0 Å². The first-order valence-electron chi connectivity index (χ1n) is 9.01. The molecular formula is C22H24INO4. The van der Waals surface area contributed by atoms with Gasteiger partial charge in [0, 0.05) is 0 Å². The minimum atomic E-state index is 0.515. The monoisotopic (exact) mass is 493 g/mol. The van der Waals surface area contributed by atoms with Gasteiger partial charge in [0.25, 0.3) is 0 Å². The molecule has 0 N–H and O–H groups in total. The highest BCUT2D eigenvalue weighted by Crippen LogP contribution is 2.36. The Hall–Kier alpha value is -2.40. The van der Waals surface area contributed by atoms with E-state index in [1.165, 1.54) is 0 Å². The fraction of sp³-hybridized carbons (Fsp3) is 0.318. The molecule has 0 aliphatic heterocycles. The van der Waals surface area contributed by atoms with Crippen LogP contribution < -0.4 is 18.9 Å². The number of hydrogen-bond acceptors (Lipinski definition) is 5. The molecule has 6 heteroatoms. The van der Waals surface area contributed by atoms with Crippen LogP contribution in [0.5, 0.6) is 23.0 Å². The maximum absolute atomic E-state index is 9.70. The zero-order valence-corrected chi connectivity index (χ0v) is 18.7. The maximum Gasteiger partial charge on any atom is 0.174 e. The highest BCUT2D eigenvalue weighted by molar-refractivity contribution is 14.1. The largest absolute Gasteiger partial charge is 0.493 e. The lowest BCUT2D eigenvalue weighted by Crippen LogP contribution is -2.02. The lowest BCUT2D eigenvalue weighted by Gasteiger charge is -2.14. The van der Waals surface area contributed by atoms with Gasteiger partial charge in [0.05, 0.1) is 42.6 Å². The zero-order valence-electron chi connectivity index (χ0n) is 16.5. The summed E-state index contributed by atoms with van der Waals surface area (Å²) in [4.78, 5) is 0. The summed E-state index contributed by atoms with van der Waals surface area (Å²) in [6, 6.07) is 11.6. The molecule has 0 bridgehead atoms. The molecule has 0 radical (unpaired) electrons. The van der Waals surface area contributed by atoms with E-state index in [4.69, 9.17) is 18.9 Å². The van der Waals surface area contributed by atoms with Crippen molar-refractivity contribution in [1.82, 2.24) is 0 Å². The van der Waals surface area contributed by atoms with E-state index in [9.17, 15) is 5.26 Å². The van der Waals surface area contributed by atoms with Crippen LogP contribution in [0.25, 0.3) is 11.6 Å². The van der Waals surface area contributed by atoms with E-state index in [0.717, 1.165) is 26.9 Å². The summed E-state index contributed by atoms with van der Waals surface area (Å²) < 4.78 is 23.2. The van der Waals surface area contributed by atoms with Gasteiger partial charge in [-0.3, -0.25) is 0 Å². The van der Waals surface area contributed by atoms with E-state index in [0.29, 0.717) is 36.0 Å². The molecule has 2 aromatic rings. The molecule has 0 heterocycles. The predicted molar refractivity (Wildman–Crippen MR) is 119 cm³/mol. The fourth-order valence-corrected chi connectivity index (χ4v) is 3.41. The second-order valence-corrected chi connectivity index (χ2v) is 7.01. The summed E-state index contributed by atoms with van der Waals surface area (Å²) in [5.74, 6) is 2.62. The van der Waals surface area contributed by atoms with Gasteiger partial charge < -0.3 is 18.9 Å². The highest BCUT2D eigenvalue weighted by atomic mass is 127. The van der Waals surface area contributed by atoms with Crippen LogP contribution in [-0.2, 0) is 0 Å². The standard InChI is InChI=1S/C22H24INO4/c1-5-9-28-22-18(23)11-15(12-21(22)27-6-2)10-17(14-24)16-7-8-19(25-3)20(13-16)26-4/h7-8,10-13H,5-6,9H2,1-4H3/b17-10+. The van der Waals surface area contributed by atoms with Gasteiger partial charge in [0.1, 0.15) is 0 Å². The Morgan fingerprint density at radius 3 is 2.39 bits per heavy atom. The zero-order chi connectivity index (χ0) is 20.5. The Kier molecular flexibility index (Phi) is 8.45. The van der Waals surface area contributed by atoms with Gasteiger partial charge in [0.2, 0.25) is 0 Å². The second-order valence-electron chi connectivity index (χ2n) is 5.85. The summed E-state index contributed by atoms with van der Waals surface area (Å²) in [6.45, 7) is 5.16. The number of halogens is 1. The van der Waals surface area contributed by atoms with Gasteiger partial charge in [-0.2, -0.15) is 5.26 Å². The van der Waals surface area contributed by atoms with Crippen LogP contribution >= 0.6 is 22.6 Å². The first-order chi connectivity index (χ1) is 13.6. The van der Waals surface area contributed by atoms with Crippen molar-refractivity contribution >= 4 is 34.2 Å². The Morgan fingerprint density at radius 2 is 1.79 bits per heavy atom. The Morgan fingerprint density at radius 1 is 1.04 bits per heavy atom. The molecule has 0 atom stereocenters. The third-order valence-electron chi connectivity index (χ3n) is 3.91. The third-order valence-corrected chi connectivity index (χ3v) is 4.71. The third kappa shape index (κ3) is 5.32. The number of methoxy groups -OCH3 is 2. The molecule has 0 spiro atoms. The average Bonchev–Trinajstić information content (AvgIpc) is 2.71. The van der Waals surface area contributed by atoms with Crippen molar-refractivity contribution in [3.05, 3.63) is 45.0 Å². The molecule has 0 aliphatic carbocycles. The molecule has 0 unspecified atom stereocenters. The SMILES string of the molecule is CCCOc1c(I)cc(/C=C(\C#N)c2ccc(OC)c(OC)c2)cc1OCC. The molecule has 0 saturated heterocycles. The smallest absolute Gasteiger partial charge is 0.174 e. The molecule has 0 fully saturated rings. The number of benzene rings is 2. The summed E-state index contributed by atoms with van der Waals surface area (Å²) in [7, 11) is 3.15. The van der Waals surface area contributed by atoms with Gasteiger partial charge >= 0.3 is 0 Å². The molecule has 0 aliphatic rings. The number of nitrogens with zero attached hydrogens (tertiary/aromatic N) is 1. The van der Waals surface area contributed by atoms with E-state index < -0.39 is 0 Å².